The molecule has 2 rings (SSSR count). The van der Waals surface area contributed by atoms with Gasteiger partial charge in [0.25, 0.3) is 5.56 Å². The Hall–Kier alpha value is -2.09. The molecule has 7 nitrogen and oxygen atoms in total. The van der Waals surface area contributed by atoms with E-state index in [-0.39, 0.29) is 0 Å². The van der Waals surface area contributed by atoms with Gasteiger partial charge in [-0.25, -0.2) is 14.6 Å². The Kier molecular flexibility index (Phi) is 3.66. The van der Waals surface area contributed by atoms with Crippen LogP contribution in [0, 0.1) is 6.92 Å². The number of aromatic nitrogens is 2. The SMILES string of the molecule is Cc1csc2[nH]c(=O)n(N(C)C(=O)OC(C)(C)C)c(=O)c12. The highest BCUT2D eigenvalue weighted by molar-refractivity contribution is 7.16. The van der Waals surface area contributed by atoms with Crippen molar-refractivity contribution >= 4 is 27.6 Å². The third-order valence-corrected chi connectivity index (χ3v) is 3.77. The maximum atomic E-state index is 12.4. The third kappa shape index (κ3) is 2.85. The van der Waals surface area contributed by atoms with Crippen molar-refractivity contribution in [1.82, 2.24) is 9.66 Å². The molecule has 0 spiro atoms. The van der Waals surface area contributed by atoms with Crippen LogP contribution in [0.2, 0.25) is 0 Å². The predicted molar refractivity (Wildman–Crippen MR) is 81.8 cm³/mol. The fourth-order valence-electron chi connectivity index (χ4n) is 1.83. The Balaban J connectivity index is 2.56. The summed E-state index contributed by atoms with van der Waals surface area (Å²) in [6.45, 7) is 6.89. The summed E-state index contributed by atoms with van der Waals surface area (Å²) in [4.78, 5) is 39.6. The molecule has 0 fully saturated rings. The predicted octanol–water partition coefficient (Wildman–Crippen LogP) is 1.56. The summed E-state index contributed by atoms with van der Waals surface area (Å²) >= 11 is 1.28. The van der Waals surface area contributed by atoms with Crippen LogP contribution in [-0.2, 0) is 4.74 Å². The van der Waals surface area contributed by atoms with Gasteiger partial charge in [-0.1, -0.05) is 0 Å². The first-order chi connectivity index (χ1) is 9.61. The summed E-state index contributed by atoms with van der Waals surface area (Å²) in [5.41, 5.74) is -1.18. The summed E-state index contributed by atoms with van der Waals surface area (Å²) in [7, 11) is 1.32. The largest absolute Gasteiger partial charge is 0.442 e. The lowest BCUT2D eigenvalue weighted by Gasteiger charge is -2.24. The fourth-order valence-corrected chi connectivity index (χ4v) is 2.76. The van der Waals surface area contributed by atoms with E-state index >= 15 is 0 Å². The standard InChI is InChI=1S/C13H17N3O4S/c1-7-6-21-9-8(7)10(17)16(11(18)14-9)15(5)12(19)20-13(2,3)4/h6H,1-5H3,(H,14,18). The number of fused-ring (bicyclic) bond motifs is 1. The molecule has 0 aromatic carbocycles. The van der Waals surface area contributed by atoms with E-state index in [1.165, 1.54) is 18.4 Å². The molecule has 2 aromatic rings. The minimum atomic E-state index is -0.776. The number of aryl methyl sites for hydroxylation is 1. The molecule has 0 aliphatic rings. The molecule has 1 N–H and O–H groups in total. The molecular formula is C13H17N3O4S. The number of nitrogens with one attached hydrogen (secondary N) is 1. The number of ether oxygens (including phenoxy) is 1. The average Bonchev–Trinajstić information content (AvgIpc) is 2.68. The zero-order valence-electron chi connectivity index (χ0n) is 12.5. The maximum absolute atomic E-state index is 12.4. The zero-order valence-corrected chi connectivity index (χ0v) is 13.3. The average molecular weight is 311 g/mol. The van der Waals surface area contributed by atoms with Crippen LogP contribution >= 0.6 is 11.3 Å². The van der Waals surface area contributed by atoms with E-state index in [0.717, 1.165) is 15.2 Å². The number of hydrogen-bond donors (Lipinski definition) is 1. The van der Waals surface area contributed by atoms with Gasteiger partial charge in [0.05, 0.1) is 5.39 Å². The number of H-pyrrole nitrogens is 1. The van der Waals surface area contributed by atoms with E-state index < -0.39 is 22.9 Å². The minimum absolute atomic E-state index is 0.398. The Morgan fingerprint density at radius 2 is 2.00 bits per heavy atom. The molecule has 0 saturated carbocycles. The first kappa shape index (κ1) is 15.3. The van der Waals surface area contributed by atoms with Crippen LogP contribution in [0.25, 0.3) is 10.2 Å². The van der Waals surface area contributed by atoms with Gasteiger partial charge in [0, 0.05) is 7.05 Å². The van der Waals surface area contributed by atoms with Crippen LogP contribution in [0.3, 0.4) is 0 Å². The second-order valence-corrected chi connectivity index (χ2v) is 6.55. The molecule has 0 aliphatic heterocycles. The molecule has 2 heterocycles. The van der Waals surface area contributed by atoms with Crippen LogP contribution in [-0.4, -0.2) is 28.4 Å². The third-order valence-electron chi connectivity index (χ3n) is 2.75. The van der Waals surface area contributed by atoms with Crippen molar-refractivity contribution in [2.45, 2.75) is 33.3 Å². The summed E-state index contributed by atoms with van der Waals surface area (Å²) < 4.78 is 5.91. The number of carbonyl (C=O) groups is 1. The first-order valence-electron chi connectivity index (χ1n) is 6.32. The summed E-state index contributed by atoms with van der Waals surface area (Å²) in [5, 5.41) is 3.05. The van der Waals surface area contributed by atoms with Gasteiger partial charge in [0.1, 0.15) is 10.4 Å². The summed E-state index contributed by atoms with van der Waals surface area (Å²) in [5.74, 6) is 0. The van der Waals surface area contributed by atoms with Crippen LogP contribution in [0.5, 0.6) is 0 Å². The van der Waals surface area contributed by atoms with E-state index in [0.29, 0.717) is 10.2 Å². The monoisotopic (exact) mass is 311 g/mol. The second-order valence-electron chi connectivity index (χ2n) is 5.67. The lowest BCUT2D eigenvalue weighted by Crippen LogP contribution is -2.52. The van der Waals surface area contributed by atoms with Gasteiger partial charge in [-0.2, -0.15) is 4.68 Å². The van der Waals surface area contributed by atoms with Crippen molar-refractivity contribution in [1.29, 1.82) is 0 Å². The van der Waals surface area contributed by atoms with Gasteiger partial charge in [0.15, 0.2) is 0 Å². The maximum Gasteiger partial charge on any atom is 0.429 e. The van der Waals surface area contributed by atoms with Gasteiger partial charge in [-0.3, -0.25) is 9.78 Å². The van der Waals surface area contributed by atoms with Crippen LogP contribution in [0.15, 0.2) is 15.0 Å². The minimum Gasteiger partial charge on any atom is -0.442 e. The quantitative estimate of drug-likeness (QED) is 0.866. The van der Waals surface area contributed by atoms with Gasteiger partial charge >= 0.3 is 11.8 Å². The van der Waals surface area contributed by atoms with Crippen molar-refractivity contribution in [3.63, 3.8) is 0 Å². The molecule has 0 atom stereocenters. The van der Waals surface area contributed by atoms with Crippen molar-refractivity contribution < 1.29 is 9.53 Å². The van der Waals surface area contributed by atoms with Crippen LogP contribution < -0.4 is 16.3 Å². The lowest BCUT2D eigenvalue weighted by atomic mass is 10.2. The highest BCUT2D eigenvalue weighted by Gasteiger charge is 2.24. The van der Waals surface area contributed by atoms with Crippen LogP contribution in [0.4, 0.5) is 4.79 Å². The Morgan fingerprint density at radius 3 is 2.57 bits per heavy atom. The van der Waals surface area contributed by atoms with E-state index in [4.69, 9.17) is 4.74 Å². The Labute approximate surface area is 124 Å². The molecule has 2 aromatic heterocycles. The topological polar surface area (TPSA) is 84.4 Å². The molecule has 0 bridgehead atoms. The van der Waals surface area contributed by atoms with Crippen molar-refractivity contribution in [2.24, 2.45) is 0 Å². The number of hydrogen-bond acceptors (Lipinski definition) is 5. The van der Waals surface area contributed by atoms with E-state index in [1.807, 2.05) is 0 Å². The number of carbonyl (C=O) groups excluding carboxylic acids is 1. The molecule has 114 valence electrons. The normalized spacial score (nSPS) is 11.7. The van der Waals surface area contributed by atoms with Crippen molar-refractivity contribution in [3.05, 3.63) is 31.8 Å². The zero-order chi connectivity index (χ0) is 15.9. The van der Waals surface area contributed by atoms with E-state index in [9.17, 15) is 14.4 Å². The Bertz CT molecular complexity index is 809. The molecule has 0 saturated heterocycles. The smallest absolute Gasteiger partial charge is 0.429 e. The number of nitrogens with zero attached hydrogens (tertiary/aromatic N) is 2. The highest BCUT2D eigenvalue weighted by Crippen LogP contribution is 2.18. The fraction of sp³-hybridized carbons (Fsp3) is 0.462. The van der Waals surface area contributed by atoms with E-state index in [2.05, 4.69) is 4.98 Å². The first-order valence-corrected chi connectivity index (χ1v) is 7.20. The summed E-state index contributed by atoms with van der Waals surface area (Å²) in [6, 6.07) is 0. The highest BCUT2D eigenvalue weighted by atomic mass is 32.1. The van der Waals surface area contributed by atoms with E-state index in [1.54, 1.807) is 33.1 Å². The molecule has 21 heavy (non-hydrogen) atoms. The number of thiophene rings is 1. The van der Waals surface area contributed by atoms with Crippen molar-refractivity contribution in [2.75, 3.05) is 12.1 Å². The Morgan fingerprint density at radius 1 is 1.38 bits per heavy atom. The van der Waals surface area contributed by atoms with Crippen molar-refractivity contribution in [3.8, 4) is 0 Å². The van der Waals surface area contributed by atoms with Gasteiger partial charge in [0.2, 0.25) is 0 Å². The molecule has 8 heteroatoms. The van der Waals surface area contributed by atoms with Gasteiger partial charge in [-0.05, 0) is 38.6 Å². The number of rotatable bonds is 1. The molecular weight excluding hydrogens is 294 g/mol. The molecule has 0 unspecified atom stereocenters. The van der Waals surface area contributed by atoms with Crippen LogP contribution in [0.1, 0.15) is 26.3 Å². The number of amides is 1. The molecule has 0 aliphatic carbocycles. The molecule has 0 radical (unpaired) electrons. The molecule has 1 amide bonds. The second kappa shape index (κ2) is 5.03. The van der Waals surface area contributed by atoms with Gasteiger partial charge < -0.3 is 4.74 Å². The summed E-state index contributed by atoms with van der Waals surface area (Å²) in [6.07, 6.45) is -0.776. The lowest BCUT2D eigenvalue weighted by molar-refractivity contribution is 0.0546. The van der Waals surface area contributed by atoms with Gasteiger partial charge in [-0.15, -0.1) is 11.3 Å². The number of aromatic amines is 1.